The van der Waals surface area contributed by atoms with Crippen LogP contribution < -0.4 is 11.1 Å². The van der Waals surface area contributed by atoms with Crippen molar-refractivity contribution in [1.29, 1.82) is 0 Å². The zero-order valence-electron chi connectivity index (χ0n) is 11.0. The van der Waals surface area contributed by atoms with Crippen molar-refractivity contribution in [2.45, 2.75) is 0 Å². The van der Waals surface area contributed by atoms with Crippen LogP contribution in [0.1, 0.15) is 15.9 Å². The van der Waals surface area contributed by atoms with Crippen LogP contribution >= 0.6 is 15.9 Å². The molecule has 5 heteroatoms. The summed E-state index contributed by atoms with van der Waals surface area (Å²) in [6, 6.07) is 14.0. The molecule has 0 aliphatic rings. The Morgan fingerprint density at radius 3 is 2.33 bits per heavy atom. The first-order valence-corrected chi connectivity index (χ1v) is 6.99. The Balaban J connectivity index is 2.02. The van der Waals surface area contributed by atoms with Gasteiger partial charge in [0.25, 0.3) is 0 Å². The number of anilines is 1. The number of hydrogen-bond acceptors (Lipinski definition) is 2. The minimum atomic E-state index is -0.498. The number of benzene rings is 2. The maximum Gasteiger partial charge on any atom is 0.248 e. The summed E-state index contributed by atoms with van der Waals surface area (Å²) in [6.07, 6.45) is 3.17. The van der Waals surface area contributed by atoms with Crippen molar-refractivity contribution in [3.8, 4) is 0 Å². The molecule has 2 rings (SSSR count). The second-order valence-electron chi connectivity index (χ2n) is 4.29. The fourth-order valence-corrected chi connectivity index (χ4v) is 2.09. The predicted octanol–water partition coefficient (Wildman–Crippen LogP) is 3.20. The van der Waals surface area contributed by atoms with Crippen molar-refractivity contribution < 1.29 is 9.59 Å². The number of carbonyl (C=O) groups excluding carboxylic acids is 2. The van der Waals surface area contributed by atoms with Crippen LogP contribution in [-0.2, 0) is 4.79 Å². The van der Waals surface area contributed by atoms with Crippen LogP contribution in [0.15, 0.2) is 59.1 Å². The zero-order chi connectivity index (χ0) is 15.2. The molecule has 2 aromatic rings. The minimum Gasteiger partial charge on any atom is -0.366 e. The van der Waals surface area contributed by atoms with Crippen molar-refractivity contribution in [1.82, 2.24) is 0 Å². The standard InChI is InChI=1S/C16H13BrN2O2/c17-14-4-2-1-3-11(14)7-10-15(20)19-13-8-5-12(6-9-13)16(18)21/h1-10H,(H2,18,21)(H,19,20)/b10-7+. The average Bonchev–Trinajstić information content (AvgIpc) is 2.47. The highest BCUT2D eigenvalue weighted by atomic mass is 79.9. The van der Waals surface area contributed by atoms with E-state index in [0.717, 1.165) is 10.0 Å². The molecule has 0 radical (unpaired) electrons. The molecule has 2 aromatic carbocycles. The van der Waals surface area contributed by atoms with Crippen LogP contribution in [-0.4, -0.2) is 11.8 Å². The Hall–Kier alpha value is -2.40. The van der Waals surface area contributed by atoms with E-state index in [4.69, 9.17) is 5.73 Å². The van der Waals surface area contributed by atoms with Gasteiger partial charge in [-0.1, -0.05) is 34.1 Å². The van der Waals surface area contributed by atoms with Crippen molar-refractivity contribution >= 4 is 39.5 Å². The summed E-state index contributed by atoms with van der Waals surface area (Å²) >= 11 is 3.41. The van der Waals surface area contributed by atoms with E-state index in [2.05, 4.69) is 21.2 Å². The van der Waals surface area contributed by atoms with E-state index in [-0.39, 0.29) is 5.91 Å². The molecule has 0 saturated heterocycles. The van der Waals surface area contributed by atoms with Gasteiger partial charge in [0.05, 0.1) is 0 Å². The summed E-state index contributed by atoms with van der Waals surface area (Å²) < 4.78 is 0.917. The Kier molecular flexibility index (Phi) is 4.90. The second kappa shape index (κ2) is 6.85. The molecule has 0 unspecified atom stereocenters. The van der Waals surface area contributed by atoms with E-state index in [1.807, 2.05) is 24.3 Å². The summed E-state index contributed by atoms with van der Waals surface area (Å²) in [4.78, 5) is 22.8. The van der Waals surface area contributed by atoms with Gasteiger partial charge in [-0.3, -0.25) is 9.59 Å². The molecule has 3 N–H and O–H groups in total. The fourth-order valence-electron chi connectivity index (χ4n) is 1.68. The van der Waals surface area contributed by atoms with Crippen LogP contribution in [0.2, 0.25) is 0 Å². The van der Waals surface area contributed by atoms with Crippen LogP contribution in [0.3, 0.4) is 0 Å². The van der Waals surface area contributed by atoms with Gasteiger partial charge < -0.3 is 11.1 Å². The van der Waals surface area contributed by atoms with Crippen molar-refractivity contribution in [2.75, 3.05) is 5.32 Å². The van der Waals surface area contributed by atoms with Gasteiger partial charge in [-0.15, -0.1) is 0 Å². The lowest BCUT2D eigenvalue weighted by Crippen LogP contribution is -2.11. The molecular formula is C16H13BrN2O2. The van der Waals surface area contributed by atoms with E-state index in [0.29, 0.717) is 11.3 Å². The zero-order valence-corrected chi connectivity index (χ0v) is 12.6. The number of rotatable bonds is 4. The summed E-state index contributed by atoms with van der Waals surface area (Å²) in [5, 5.41) is 2.70. The third kappa shape index (κ3) is 4.29. The molecule has 0 spiro atoms. The molecule has 0 atom stereocenters. The Labute approximate surface area is 130 Å². The Morgan fingerprint density at radius 2 is 1.71 bits per heavy atom. The van der Waals surface area contributed by atoms with Crippen LogP contribution in [0.25, 0.3) is 6.08 Å². The number of amides is 2. The molecule has 4 nitrogen and oxygen atoms in total. The predicted molar refractivity (Wildman–Crippen MR) is 86.8 cm³/mol. The maximum absolute atomic E-state index is 11.8. The highest BCUT2D eigenvalue weighted by molar-refractivity contribution is 9.10. The lowest BCUT2D eigenvalue weighted by atomic mass is 10.2. The summed E-state index contributed by atoms with van der Waals surface area (Å²) in [5.74, 6) is -0.751. The van der Waals surface area contributed by atoms with Crippen LogP contribution in [0.5, 0.6) is 0 Å². The van der Waals surface area contributed by atoms with E-state index in [9.17, 15) is 9.59 Å². The first-order valence-electron chi connectivity index (χ1n) is 6.20. The van der Waals surface area contributed by atoms with Crippen molar-refractivity contribution in [3.63, 3.8) is 0 Å². The quantitative estimate of drug-likeness (QED) is 0.836. The van der Waals surface area contributed by atoms with Crippen molar-refractivity contribution in [2.24, 2.45) is 5.73 Å². The third-order valence-electron chi connectivity index (χ3n) is 2.76. The van der Waals surface area contributed by atoms with Crippen LogP contribution in [0, 0.1) is 0 Å². The number of nitrogens with two attached hydrogens (primary N) is 1. The maximum atomic E-state index is 11.8. The van der Waals surface area contributed by atoms with Gasteiger partial charge in [0.1, 0.15) is 0 Å². The van der Waals surface area contributed by atoms with Crippen molar-refractivity contribution in [3.05, 3.63) is 70.2 Å². The molecule has 0 aromatic heterocycles. The molecule has 0 heterocycles. The molecule has 0 aliphatic carbocycles. The van der Waals surface area contributed by atoms with Gasteiger partial charge in [-0.2, -0.15) is 0 Å². The first kappa shape index (κ1) is 15.0. The first-order chi connectivity index (χ1) is 10.1. The topological polar surface area (TPSA) is 72.2 Å². The SMILES string of the molecule is NC(=O)c1ccc(NC(=O)/C=C/c2ccccc2Br)cc1. The summed E-state index contributed by atoms with van der Waals surface area (Å²) in [5.41, 5.74) is 7.06. The highest BCUT2D eigenvalue weighted by Gasteiger charge is 2.02. The molecule has 2 amide bonds. The lowest BCUT2D eigenvalue weighted by molar-refractivity contribution is -0.111. The molecule has 0 fully saturated rings. The molecular weight excluding hydrogens is 332 g/mol. The summed E-state index contributed by atoms with van der Waals surface area (Å²) in [6.45, 7) is 0. The monoisotopic (exact) mass is 344 g/mol. The van der Waals surface area contributed by atoms with E-state index >= 15 is 0 Å². The molecule has 106 valence electrons. The Bertz CT molecular complexity index is 694. The molecule has 0 saturated carbocycles. The van der Waals surface area contributed by atoms with E-state index < -0.39 is 5.91 Å². The highest BCUT2D eigenvalue weighted by Crippen LogP contribution is 2.17. The smallest absolute Gasteiger partial charge is 0.248 e. The largest absolute Gasteiger partial charge is 0.366 e. The molecule has 0 aliphatic heterocycles. The number of primary amides is 1. The fraction of sp³-hybridized carbons (Fsp3) is 0. The van der Waals surface area contributed by atoms with E-state index in [1.54, 1.807) is 30.3 Å². The summed E-state index contributed by atoms with van der Waals surface area (Å²) in [7, 11) is 0. The third-order valence-corrected chi connectivity index (χ3v) is 3.48. The van der Waals surface area contributed by atoms with Gasteiger partial charge in [0.15, 0.2) is 0 Å². The average molecular weight is 345 g/mol. The molecule has 0 bridgehead atoms. The lowest BCUT2D eigenvalue weighted by Gasteiger charge is -2.03. The van der Waals surface area contributed by atoms with E-state index in [1.165, 1.54) is 6.08 Å². The van der Waals surface area contributed by atoms with Gasteiger partial charge in [-0.25, -0.2) is 0 Å². The van der Waals surface area contributed by atoms with Gasteiger partial charge >= 0.3 is 0 Å². The molecule has 21 heavy (non-hydrogen) atoms. The number of nitrogens with one attached hydrogen (secondary N) is 1. The Morgan fingerprint density at radius 1 is 1.05 bits per heavy atom. The van der Waals surface area contributed by atoms with Gasteiger partial charge in [0, 0.05) is 21.8 Å². The van der Waals surface area contributed by atoms with Crippen LogP contribution in [0.4, 0.5) is 5.69 Å². The number of halogens is 1. The number of hydrogen-bond donors (Lipinski definition) is 2. The number of carbonyl (C=O) groups is 2. The van der Waals surface area contributed by atoms with Gasteiger partial charge in [0.2, 0.25) is 11.8 Å². The minimum absolute atomic E-state index is 0.252. The normalized spacial score (nSPS) is 10.5. The second-order valence-corrected chi connectivity index (χ2v) is 5.14. The van der Waals surface area contributed by atoms with Gasteiger partial charge in [-0.05, 0) is 42.0 Å².